The van der Waals surface area contributed by atoms with E-state index in [-0.39, 0.29) is 11.9 Å². The summed E-state index contributed by atoms with van der Waals surface area (Å²) in [5.41, 5.74) is 6.92. The number of amides is 1. The second-order valence-corrected chi connectivity index (χ2v) is 5.51. The van der Waals surface area contributed by atoms with Gasteiger partial charge in [0, 0.05) is 28.4 Å². The number of hydrogen-bond donors (Lipinski definition) is 2. The highest BCUT2D eigenvalue weighted by Gasteiger charge is 2.11. The molecule has 0 spiro atoms. The van der Waals surface area contributed by atoms with Crippen molar-refractivity contribution in [3.05, 3.63) is 51.7 Å². The number of methoxy groups -OCH3 is 1. The zero-order valence-corrected chi connectivity index (χ0v) is 12.4. The minimum Gasteiger partial charge on any atom is -0.496 e. The quantitative estimate of drug-likeness (QED) is 0.859. The van der Waals surface area contributed by atoms with Crippen LogP contribution in [0.1, 0.15) is 33.8 Å². The van der Waals surface area contributed by atoms with Crippen LogP contribution in [0, 0.1) is 0 Å². The zero-order chi connectivity index (χ0) is 14.5. The molecule has 1 unspecified atom stereocenters. The summed E-state index contributed by atoms with van der Waals surface area (Å²) in [4.78, 5) is 12.1. The number of carbonyl (C=O) groups is 1. The standard InChI is InChI=1S/C15H18N2O2S/c1-10(13-5-3-4-6-14(13)19-2)17-8-12-7-11(9-20-12)15(16)18/h3-7,9-10,17H,8H2,1-2H3,(H2,16,18). The average Bonchev–Trinajstić information content (AvgIpc) is 2.94. The summed E-state index contributed by atoms with van der Waals surface area (Å²) in [7, 11) is 1.67. The van der Waals surface area contributed by atoms with Crippen LogP contribution in [0.15, 0.2) is 35.7 Å². The summed E-state index contributed by atoms with van der Waals surface area (Å²) in [6, 6.07) is 9.92. The van der Waals surface area contributed by atoms with Crippen LogP contribution >= 0.6 is 11.3 Å². The van der Waals surface area contributed by atoms with Crippen molar-refractivity contribution in [2.75, 3.05) is 7.11 Å². The van der Waals surface area contributed by atoms with E-state index >= 15 is 0 Å². The van der Waals surface area contributed by atoms with Crippen LogP contribution in [0.4, 0.5) is 0 Å². The molecule has 0 radical (unpaired) electrons. The predicted molar refractivity (Wildman–Crippen MR) is 81.1 cm³/mol. The monoisotopic (exact) mass is 290 g/mol. The summed E-state index contributed by atoms with van der Waals surface area (Å²) >= 11 is 1.53. The molecule has 106 valence electrons. The third kappa shape index (κ3) is 3.37. The molecule has 0 aliphatic heterocycles. The predicted octanol–water partition coefficient (Wildman–Crippen LogP) is 2.71. The van der Waals surface area contributed by atoms with Crippen molar-refractivity contribution in [3.8, 4) is 5.75 Å². The van der Waals surface area contributed by atoms with E-state index < -0.39 is 0 Å². The van der Waals surface area contributed by atoms with Gasteiger partial charge >= 0.3 is 0 Å². The number of thiophene rings is 1. The number of primary amides is 1. The summed E-state index contributed by atoms with van der Waals surface area (Å²) in [5.74, 6) is 0.488. The normalized spacial score (nSPS) is 12.1. The van der Waals surface area contributed by atoms with E-state index in [4.69, 9.17) is 10.5 Å². The molecule has 0 saturated heterocycles. The molecule has 0 aliphatic rings. The number of ether oxygens (including phenoxy) is 1. The molecule has 4 nitrogen and oxygen atoms in total. The number of nitrogens with two attached hydrogens (primary N) is 1. The lowest BCUT2D eigenvalue weighted by Gasteiger charge is -2.16. The molecular weight excluding hydrogens is 272 g/mol. The molecule has 1 atom stereocenters. The van der Waals surface area contributed by atoms with Crippen molar-refractivity contribution in [3.63, 3.8) is 0 Å². The highest BCUT2D eigenvalue weighted by molar-refractivity contribution is 7.10. The maximum Gasteiger partial charge on any atom is 0.249 e. The number of carbonyl (C=O) groups excluding carboxylic acids is 1. The number of rotatable bonds is 6. The van der Waals surface area contributed by atoms with Crippen LogP contribution in [-0.2, 0) is 6.54 Å². The second-order valence-electron chi connectivity index (χ2n) is 4.51. The molecule has 2 rings (SSSR count). The lowest BCUT2D eigenvalue weighted by Crippen LogP contribution is -2.18. The van der Waals surface area contributed by atoms with Gasteiger partial charge in [-0.2, -0.15) is 0 Å². The highest BCUT2D eigenvalue weighted by Crippen LogP contribution is 2.25. The van der Waals surface area contributed by atoms with Gasteiger partial charge in [-0.05, 0) is 19.1 Å². The van der Waals surface area contributed by atoms with Gasteiger partial charge in [0.1, 0.15) is 5.75 Å². The smallest absolute Gasteiger partial charge is 0.249 e. The molecule has 1 amide bonds. The molecule has 3 N–H and O–H groups in total. The Morgan fingerprint density at radius 1 is 1.45 bits per heavy atom. The third-order valence-electron chi connectivity index (χ3n) is 3.13. The van der Waals surface area contributed by atoms with Crippen molar-refractivity contribution in [2.45, 2.75) is 19.5 Å². The van der Waals surface area contributed by atoms with Crippen LogP contribution in [0.5, 0.6) is 5.75 Å². The first-order valence-corrected chi connectivity index (χ1v) is 7.23. The van der Waals surface area contributed by atoms with Crippen molar-refractivity contribution < 1.29 is 9.53 Å². The number of benzene rings is 1. The molecule has 5 heteroatoms. The molecule has 0 fully saturated rings. The van der Waals surface area contributed by atoms with E-state index in [0.717, 1.165) is 16.2 Å². The summed E-state index contributed by atoms with van der Waals surface area (Å²) in [6.07, 6.45) is 0. The van der Waals surface area contributed by atoms with Crippen LogP contribution < -0.4 is 15.8 Å². The molecule has 0 bridgehead atoms. The maximum absolute atomic E-state index is 11.0. The molecule has 20 heavy (non-hydrogen) atoms. The van der Waals surface area contributed by atoms with Gasteiger partial charge in [-0.3, -0.25) is 4.79 Å². The Hall–Kier alpha value is -1.85. The molecular formula is C15H18N2O2S. The van der Waals surface area contributed by atoms with Crippen molar-refractivity contribution in [1.82, 2.24) is 5.32 Å². The second kappa shape index (κ2) is 6.54. The Morgan fingerprint density at radius 2 is 2.20 bits per heavy atom. The molecule has 1 heterocycles. The molecule has 0 saturated carbocycles. The minimum absolute atomic E-state index is 0.158. The van der Waals surface area contributed by atoms with Gasteiger partial charge in [-0.25, -0.2) is 0 Å². The number of hydrogen-bond acceptors (Lipinski definition) is 4. The van der Waals surface area contributed by atoms with E-state index in [1.165, 1.54) is 11.3 Å². The van der Waals surface area contributed by atoms with Gasteiger partial charge in [0.25, 0.3) is 0 Å². The molecule has 1 aromatic heterocycles. The largest absolute Gasteiger partial charge is 0.496 e. The third-order valence-corrected chi connectivity index (χ3v) is 4.06. The van der Waals surface area contributed by atoms with Crippen LogP contribution in [0.3, 0.4) is 0 Å². The topological polar surface area (TPSA) is 64.3 Å². The van der Waals surface area contributed by atoms with Crippen LogP contribution in [0.2, 0.25) is 0 Å². The highest BCUT2D eigenvalue weighted by atomic mass is 32.1. The fourth-order valence-corrected chi connectivity index (χ4v) is 2.81. The lowest BCUT2D eigenvalue weighted by atomic mass is 10.1. The fourth-order valence-electron chi connectivity index (χ4n) is 1.99. The fraction of sp³-hybridized carbons (Fsp3) is 0.267. The van der Waals surface area contributed by atoms with E-state index in [9.17, 15) is 4.79 Å². The van der Waals surface area contributed by atoms with E-state index in [2.05, 4.69) is 12.2 Å². The Bertz CT molecular complexity index is 595. The Labute approximate surface area is 122 Å². The summed E-state index contributed by atoms with van der Waals surface area (Å²) in [6.45, 7) is 2.78. The average molecular weight is 290 g/mol. The Morgan fingerprint density at radius 3 is 2.85 bits per heavy atom. The number of nitrogens with one attached hydrogen (secondary N) is 1. The zero-order valence-electron chi connectivity index (χ0n) is 11.6. The first-order valence-electron chi connectivity index (χ1n) is 6.35. The van der Waals surface area contributed by atoms with Crippen molar-refractivity contribution >= 4 is 17.2 Å². The Kier molecular flexibility index (Phi) is 4.76. The van der Waals surface area contributed by atoms with Gasteiger partial charge < -0.3 is 15.8 Å². The van der Waals surface area contributed by atoms with Crippen molar-refractivity contribution in [1.29, 1.82) is 0 Å². The molecule has 1 aromatic carbocycles. The van der Waals surface area contributed by atoms with Gasteiger partial charge in [0.2, 0.25) is 5.91 Å². The SMILES string of the molecule is COc1ccccc1C(C)NCc1cc(C(N)=O)cs1. The van der Waals surface area contributed by atoms with Gasteiger partial charge in [-0.15, -0.1) is 11.3 Å². The van der Waals surface area contributed by atoms with E-state index in [0.29, 0.717) is 12.1 Å². The van der Waals surface area contributed by atoms with Crippen LogP contribution in [0.25, 0.3) is 0 Å². The first kappa shape index (κ1) is 14.6. The van der Waals surface area contributed by atoms with Crippen molar-refractivity contribution in [2.24, 2.45) is 5.73 Å². The molecule has 0 aliphatic carbocycles. The Balaban J connectivity index is 2.00. The molecule has 2 aromatic rings. The van der Waals surface area contributed by atoms with E-state index in [1.54, 1.807) is 12.5 Å². The van der Waals surface area contributed by atoms with Gasteiger partial charge in [0.05, 0.1) is 12.7 Å². The summed E-state index contributed by atoms with van der Waals surface area (Å²) < 4.78 is 5.36. The van der Waals surface area contributed by atoms with Gasteiger partial charge in [-0.1, -0.05) is 18.2 Å². The maximum atomic E-state index is 11.0. The number of para-hydroxylation sites is 1. The lowest BCUT2D eigenvalue weighted by molar-refractivity contribution is 0.100. The first-order chi connectivity index (χ1) is 9.61. The summed E-state index contributed by atoms with van der Waals surface area (Å²) in [5, 5.41) is 5.21. The minimum atomic E-state index is -0.384. The van der Waals surface area contributed by atoms with Crippen LogP contribution in [-0.4, -0.2) is 13.0 Å². The van der Waals surface area contributed by atoms with E-state index in [1.807, 2.05) is 30.3 Å². The van der Waals surface area contributed by atoms with Gasteiger partial charge in [0.15, 0.2) is 0 Å².